The van der Waals surface area contributed by atoms with Gasteiger partial charge in [-0.2, -0.15) is 0 Å². The third-order valence-corrected chi connectivity index (χ3v) is 3.31. The minimum absolute atomic E-state index is 0.105. The topological polar surface area (TPSA) is 51.5 Å². The molecule has 5 heteroatoms. The fourth-order valence-corrected chi connectivity index (χ4v) is 2.20. The Hall–Kier alpha value is -2.82. The summed E-state index contributed by atoms with van der Waals surface area (Å²) in [6.07, 6.45) is 0. The molecule has 0 unspecified atom stereocenters. The van der Waals surface area contributed by atoms with Crippen molar-refractivity contribution in [1.82, 2.24) is 5.32 Å². The third kappa shape index (κ3) is 2.79. The Morgan fingerprint density at radius 3 is 2.77 bits per heavy atom. The van der Waals surface area contributed by atoms with Crippen LogP contribution < -0.4 is 10.1 Å². The van der Waals surface area contributed by atoms with Crippen molar-refractivity contribution in [3.05, 3.63) is 65.7 Å². The Morgan fingerprint density at radius 2 is 2.05 bits per heavy atom. The Bertz CT molecular complexity index is 793. The van der Waals surface area contributed by atoms with Gasteiger partial charge in [0.05, 0.1) is 13.7 Å². The van der Waals surface area contributed by atoms with E-state index in [1.54, 1.807) is 0 Å². The van der Waals surface area contributed by atoms with Gasteiger partial charge in [-0.05, 0) is 30.3 Å². The molecular formula is C17H14FNO3. The normalized spacial score (nSPS) is 10.6. The molecule has 0 bridgehead atoms. The largest absolute Gasteiger partial charge is 0.494 e. The first kappa shape index (κ1) is 14.1. The van der Waals surface area contributed by atoms with Crippen molar-refractivity contribution in [2.24, 2.45) is 0 Å². The van der Waals surface area contributed by atoms with E-state index in [-0.39, 0.29) is 23.8 Å². The number of methoxy groups -OCH3 is 1. The van der Waals surface area contributed by atoms with Crippen molar-refractivity contribution in [2.45, 2.75) is 6.54 Å². The van der Waals surface area contributed by atoms with Gasteiger partial charge in [0.2, 0.25) is 0 Å². The molecule has 0 aliphatic carbocycles. The number of para-hydroxylation sites is 1. The van der Waals surface area contributed by atoms with Crippen molar-refractivity contribution >= 4 is 16.9 Å². The van der Waals surface area contributed by atoms with Gasteiger partial charge in [-0.1, -0.05) is 18.2 Å². The molecule has 0 atom stereocenters. The van der Waals surface area contributed by atoms with E-state index < -0.39 is 5.82 Å². The van der Waals surface area contributed by atoms with Gasteiger partial charge in [-0.25, -0.2) is 4.39 Å². The van der Waals surface area contributed by atoms with Crippen molar-refractivity contribution in [3.8, 4) is 5.75 Å². The van der Waals surface area contributed by atoms with Crippen LogP contribution in [0.25, 0.3) is 11.0 Å². The number of ether oxygens (including phenoxy) is 1. The summed E-state index contributed by atoms with van der Waals surface area (Å²) in [6.45, 7) is 0.237. The Kier molecular flexibility index (Phi) is 3.78. The van der Waals surface area contributed by atoms with Gasteiger partial charge in [0.25, 0.3) is 5.91 Å². The third-order valence-electron chi connectivity index (χ3n) is 3.31. The number of hydrogen-bond donors (Lipinski definition) is 1. The summed E-state index contributed by atoms with van der Waals surface area (Å²) >= 11 is 0. The van der Waals surface area contributed by atoms with E-state index >= 15 is 0 Å². The second kappa shape index (κ2) is 5.89. The number of amides is 1. The average molecular weight is 299 g/mol. The lowest BCUT2D eigenvalue weighted by molar-refractivity contribution is 0.0947. The summed E-state index contributed by atoms with van der Waals surface area (Å²) in [6, 6.07) is 13.5. The lowest BCUT2D eigenvalue weighted by Gasteiger charge is -2.05. The molecule has 1 N–H and O–H groups in total. The fraction of sp³-hybridized carbons (Fsp3) is 0.118. The molecule has 3 rings (SSSR count). The number of halogens is 1. The summed E-state index contributed by atoms with van der Waals surface area (Å²) in [7, 11) is 1.37. The average Bonchev–Trinajstić information content (AvgIpc) is 2.95. The zero-order valence-electron chi connectivity index (χ0n) is 11.9. The summed E-state index contributed by atoms with van der Waals surface area (Å²) in [5.41, 5.74) is 0.997. The number of furan rings is 1. The summed E-state index contributed by atoms with van der Waals surface area (Å²) < 4.78 is 24.0. The Morgan fingerprint density at radius 1 is 1.23 bits per heavy atom. The standard InChI is InChI=1S/C17H14FNO3/c1-21-16-7-6-12(9-14(16)18)17(20)19-10-13-8-11-4-2-3-5-15(11)22-13/h2-9H,10H2,1H3,(H,19,20). The van der Waals surface area contributed by atoms with Gasteiger partial charge in [0.15, 0.2) is 11.6 Å². The Balaban J connectivity index is 1.70. The van der Waals surface area contributed by atoms with Crippen LogP contribution in [0.1, 0.15) is 16.1 Å². The van der Waals surface area contributed by atoms with Gasteiger partial charge in [0.1, 0.15) is 11.3 Å². The molecular weight excluding hydrogens is 285 g/mol. The van der Waals surface area contributed by atoms with E-state index in [4.69, 9.17) is 9.15 Å². The molecule has 0 fully saturated rings. The van der Waals surface area contributed by atoms with Gasteiger partial charge < -0.3 is 14.5 Å². The molecule has 0 aliphatic heterocycles. The molecule has 0 saturated heterocycles. The monoisotopic (exact) mass is 299 g/mol. The smallest absolute Gasteiger partial charge is 0.251 e. The lowest BCUT2D eigenvalue weighted by atomic mass is 10.2. The molecule has 4 nitrogen and oxygen atoms in total. The molecule has 22 heavy (non-hydrogen) atoms. The zero-order valence-corrected chi connectivity index (χ0v) is 11.9. The van der Waals surface area contributed by atoms with E-state index in [0.29, 0.717) is 5.76 Å². The molecule has 3 aromatic rings. The zero-order chi connectivity index (χ0) is 15.5. The van der Waals surface area contributed by atoms with Crippen LogP contribution in [0.5, 0.6) is 5.75 Å². The number of benzene rings is 2. The maximum Gasteiger partial charge on any atom is 0.251 e. The van der Waals surface area contributed by atoms with Crippen LogP contribution in [0.4, 0.5) is 4.39 Å². The van der Waals surface area contributed by atoms with Gasteiger partial charge in [-0.3, -0.25) is 4.79 Å². The summed E-state index contributed by atoms with van der Waals surface area (Å²) in [4.78, 5) is 12.0. The predicted octanol–water partition coefficient (Wildman–Crippen LogP) is 3.51. The molecule has 2 aromatic carbocycles. The van der Waals surface area contributed by atoms with Crippen LogP contribution in [0, 0.1) is 5.82 Å². The maximum atomic E-state index is 13.6. The van der Waals surface area contributed by atoms with E-state index in [9.17, 15) is 9.18 Å². The lowest BCUT2D eigenvalue weighted by Crippen LogP contribution is -2.22. The first-order valence-corrected chi connectivity index (χ1v) is 6.76. The Labute approximate surface area is 126 Å². The first-order chi connectivity index (χ1) is 10.7. The fourth-order valence-electron chi connectivity index (χ4n) is 2.20. The number of hydrogen-bond acceptors (Lipinski definition) is 3. The summed E-state index contributed by atoms with van der Waals surface area (Å²) in [5.74, 6) is -0.196. The summed E-state index contributed by atoms with van der Waals surface area (Å²) in [5, 5.41) is 3.68. The van der Waals surface area contributed by atoms with E-state index in [1.807, 2.05) is 30.3 Å². The van der Waals surface area contributed by atoms with E-state index in [0.717, 1.165) is 17.0 Å². The van der Waals surface area contributed by atoms with Crippen LogP contribution in [0.15, 0.2) is 52.9 Å². The SMILES string of the molecule is COc1ccc(C(=O)NCc2cc3ccccc3o2)cc1F. The highest BCUT2D eigenvalue weighted by atomic mass is 19.1. The molecule has 1 aromatic heterocycles. The number of fused-ring (bicyclic) bond motifs is 1. The van der Waals surface area contributed by atoms with Crippen molar-refractivity contribution in [3.63, 3.8) is 0 Å². The molecule has 1 amide bonds. The molecule has 0 radical (unpaired) electrons. The second-order valence-corrected chi connectivity index (χ2v) is 4.78. The highest BCUT2D eigenvalue weighted by Gasteiger charge is 2.11. The molecule has 0 aliphatic rings. The second-order valence-electron chi connectivity index (χ2n) is 4.78. The molecule has 0 spiro atoms. The molecule has 0 saturated carbocycles. The van der Waals surface area contributed by atoms with Gasteiger partial charge >= 0.3 is 0 Å². The minimum atomic E-state index is -0.570. The van der Waals surface area contributed by atoms with Crippen LogP contribution in [-0.2, 0) is 6.54 Å². The number of nitrogens with one attached hydrogen (secondary N) is 1. The highest BCUT2D eigenvalue weighted by molar-refractivity contribution is 5.94. The van der Waals surface area contributed by atoms with Crippen LogP contribution in [-0.4, -0.2) is 13.0 Å². The van der Waals surface area contributed by atoms with Gasteiger partial charge in [-0.15, -0.1) is 0 Å². The molecule has 112 valence electrons. The van der Waals surface area contributed by atoms with Crippen molar-refractivity contribution in [1.29, 1.82) is 0 Å². The van der Waals surface area contributed by atoms with Crippen molar-refractivity contribution < 1.29 is 18.3 Å². The number of rotatable bonds is 4. The number of carbonyl (C=O) groups is 1. The van der Waals surface area contributed by atoms with Crippen LogP contribution in [0.3, 0.4) is 0 Å². The maximum absolute atomic E-state index is 13.6. The van der Waals surface area contributed by atoms with Gasteiger partial charge in [0, 0.05) is 10.9 Å². The molecule has 1 heterocycles. The van der Waals surface area contributed by atoms with Crippen molar-refractivity contribution in [2.75, 3.05) is 7.11 Å². The van der Waals surface area contributed by atoms with E-state index in [1.165, 1.54) is 19.2 Å². The first-order valence-electron chi connectivity index (χ1n) is 6.76. The van der Waals surface area contributed by atoms with E-state index in [2.05, 4.69) is 5.32 Å². The highest BCUT2D eigenvalue weighted by Crippen LogP contribution is 2.19. The predicted molar refractivity (Wildman–Crippen MR) is 80.3 cm³/mol. The van der Waals surface area contributed by atoms with Crippen LogP contribution >= 0.6 is 0 Å². The van der Waals surface area contributed by atoms with Crippen LogP contribution in [0.2, 0.25) is 0 Å². The number of carbonyl (C=O) groups excluding carboxylic acids is 1. The minimum Gasteiger partial charge on any atom is -0.494 e. The quantitative estimate of drug-likeness (QED) is 0.802.